The molecule has 1 aliphatic heterocycles. The molecule has 1 saturated heterocycles. The minimum absolute atomic E-state index is 0.298. The van der Waals surface area contributed by atoms with Gasteiger partial charge >= 0.3 is 0 Å². The van der Waals surface area contributed by atoms with E-state index in [-0.39, 0.29) is 0 Å². The van der Waals surface area contributed by atoms with Crippen LogP contribution < -0.4 is 4.74 Å². The van der Waals surface area contributed by atoms with Crippen molar-refractivity contribution in [2.45, 2.75) is 13.0 Å². The van der Waals surface area contributed by atoms with E-state index in [0.29, 0.717) is 12.7 Å². The quantitative estimate of drug-likeness (QED) is 0.770. The zero-order valence-corrected chi connectivity index (χ0v) is 10.5. The lowest BCUT2D eigenvalue weighted by atomic mass is 10.1. The number of hydrogen-bond acceptors (Lipinski definition) is 3. The number of rotatable bonds is 4. The lowest BCUT2D eigenvalue weighted by molar-refractivity contribution is 0.264. The number of aryl methyl sites for hydroxylation is 1. The molecule has 0 aliphatic carbocycles. The maximum atomic E-state index is 5.80. The second-order valence-electron chi connectivity index (χ2n) is 4.21. The van der Waals surface area contributed by atoms with Crippen molar-refractivity contribution in [3.05, 3.63) is 40.6 Å². The van der Waals surface area contributed by atoms with E-state index in [1.807, 2.05) is 18.2 Å². The van der Waals surface area contributed by atoms with Crippen LogP contribution in [0.4, 0.5) is 0 Å². The highest BCUT2D eigenvalue weighted by Crippen LogP contribution is 2.33. The summed E-state index contributed by atoms with van der Waals surface area (Å²) in [5.74, 6) is 0.945. The topological polar surface area (TPSA) is 21.8 Å². The molecule has 1 aliphatic rings. The summed E-state index contributed by atoms with van der Waals surface area (Å²) >= 11 is 1.76. The van der Waals surface area contributed by atoms with Crippen LogP contribution in [0.1, 0.15) is 4.88 Å². The highest BCUT2D eigenvalue weighted by Gasteiger charge is 2.23. The zero-order valence-electron chi connectivity index (χ0n) is 9.68. The molecule has 2 aromatic rings. The summed E-state index contributed by atoms with van der Waals surface area (Å²) in [5, 5.41) is 2.17. The van der Waals surface area contributed by atoms with Crippen LogP contribution >= 0.6 is 11.3 Å². The van der Waals surface area contributed by atoms with Crippen molar-refractivity contribution in [1.82, 2.24) is 0 Å². The summed E-state index contributed by atoms with van der Waals surface area (Å²) in [6, 6.07) is 10.4. The molecule has 0 saturated carbocycles. The monoisotopic (exact) mass is 246 g/mol. The van der Waals surface area contributed by atoms with Crippen molar-refractivity contribution in [2.24, 2.45) is 0 Å². The highest BCUT2D eigenvalue weighted by atomic mass is 32.1. The SMILES string of the molecule is Cc1cc(-c2ccccc2OC[C@@H]2CO2)cs1. The predicted octanol–water partition coefficient (Wildman–Crippen LogP) is 3.50. The zero-order chi connectivity index (χ0) is 11.7. The lowest BCUT2D eigenvalue weighted by Gasteiger charge is -2.09. The smallest absolute Gasteiger partial charge is 0.127 e. The van der Waals surface area contributed by atoms with Gasteiger partial charge in [0.2, 0.25) is 0 Å². The minimum atomic E-state index is 0.298. The van der Waals surface area contributed by atoms with Crippen LogP contribution in [-0.4, -0.2) is 19.3 Å². The minimum Gasteiger partial charge on any atom is -0.490 e. The molecule has 1 aromatic heterocycles. The number of benzene rings is 1. The maximum absolute atomic E-state index is 5.80. The third-order valence-corrected chi connectivity index (χ3v) is 3.62. The van der Waals surface area contributed by atoms with Crippen molar-refractivity contribution in [2.75, 3.05) is 13.2 Å². The molecule has 88 valence electrons. The Balaban J connectivity index is 1.86. The molecule has 3 rings (SSSR count). The highest BCUT2D eigenvalue weighted by molar-refractivity contribution is 7.10. The standard InChI is InChI=1S/C14H14O2S/c1-10-6-11(9-17-10)13-4-2-3-5-14(13)16-8-12-7-15-12/h2-6,9,12H,7-8H2,1H3/t12-/m0/s1. The van der Waals surface area contributed by atoms with E-state index in [9.17, 15) is 0 Å². The first-order valence-corrected chi connectivity index (χ1v) is 6.60. The van der Waals surface area contributed by atoms with Gasteiger partial charge in [-0.3, -0.25) is 0 Å². The van der Waals surface area contributed by atoms with Gasteiger partial charge in [0.05, 0.1) is 6.61 Å². The second kappa shape index (κ2) is 4.51. The van der Waals surface area contributed by atoms with Gasteiger partial charge in [-0.25, -0.2) is 0 Å². The van der Waals surface area contributed by atoms with E-state index in [1.165, 1.54) is 10.4 Å². The first-order valence-electron chi connectivity index (χ1n) is 5.72. The van der Waals surface area contributed by atoms with E-state index in [0.717, 1.165) is 17.9 Å². The van der Waals surface area contributed by atoms with Gasteiger partial charge in [0.15, 0.2) is 0 Å². The molecule has 1 aromatic carbocycles. The molecule has 0 amide bonds. The molecule has 0 spiro atoms. The van der Waals surface area contributed by atoms with E-state index >= 15 is 0 Å². The van der Waals surface area contributed by atoms with Crippen LogP contribution in [0.3, 0.4) is 0 Å². The molecular weight excluding hydrogens is 232 g/mol. The maximum Gasteiger partial charge on any atom is 0.127 e. The van der Waals surface area contributed by atoms with Crippen LogP contribution in [0, 0.1) is 6.92 Å². The number of para-hydroxylation sites is 1. The molecule has 1 fully saturated rings. The largest absolute Gasteiger partial charge is 0.490 e. The first kappa shape index (κ1) is 10.8. The van der Waals surface area contributed by atoms with Crippen LogP contribution in [0.25, 0.3) is 11.1 Å². The van der Waals surface area contributed by atoms with Crippen LogP contribution in [0.5, 0.6) is 5.75 Å². The van der Waals surface area contributed by atoms with Crippen LogP contribution in [0.2, 0.25) is 0 Å². The van der Waals surface area contributed by atoms with Gasteiger partial charge < -0.3 is 9.47 Å². The van der Waals surface area contributed by atoms with E-state index in [4.69, 9.17) is 9.47 Å². The lowest BCUT2D eigenvalue weighted by Crippen LogP contribution is -2.04. The summed E-state index contributed by atoms with van der Waals surface area (Å²) in [5.41, 5.74) is 2.40. The van der Waals surface area contributed by atoms with Gasteiger partial charge in [0.25, 0.3) is 0 Å². The Hall–Kier alpha value is -1.32. The van der Waals surface area contributed by atoms with Crippen molar-refractivity contribution in [3.63, 3.8) is 0 Å². The molecule has 17 heavy (non-hydrogen) atoms. The Bertz CT molecular complexity index is 514. The Morgan fingerprint density at radius 3 is 2.94 bits per heavy atom. The molecule has 2 nitrogen and oxygen atoms in total. The van der Waals surface area contributed by atoms with Gasteiger partial charge in [-0.2, -0.15) is 0 Å². The Morgan fingerprint density at radius 2 is 2.24 bits per heavy atom. The molecule has 0 radical (unpaired) electrons. The normalized spacial score (nSPS) is 18.1. The average molecular weight is 246 g/mol. The fourth-order valence-corrected chi connectivity index (χ4v) is 2.47. The number of thiophene rings is 1. The molecule has 0 N–H and O–H groups in total. The second-order valence-corrected chi connectivity index (χ2v) is 5.32. The van der Waals surface area contributed by atoms with Crippen LogP contribution in [0.15, 0.2) is 35.7 Å². The van der Waals surface area contributed by atoms with Crippen LogP contribution in [-0.2, 0) is 4.74 Å². The van der Waals surface area contributed by atoms with Gasteiger partial charge in [-0.05, 0) is 30.0 Å². The Kier molecular flexibility index (Phi) is 2.87. The van der Waals surface area contributed by atoms with Gasteiger partial charge in [-0.15, -0.1) is 11.3 Å². The van der Waals surface area contributed by atoms with Gasteiger partial charge in [0.1, 0.15) is 18.5 Å². The Labute approximate surface area is 105 Å². The van der Waals surface area contributed by atoms with E-state index in [1.54, 1.807) is 11.3 Å². The van der Waals surface area contributed by atoms with Crippen molar-refractivity contribution < 1.29 is 9.47 Å². The molecule has 3 heteroatoms. The van der Waals surface area contributed by atoms with Crippen molar-refractivity contribution in [1.29, 1.82) is 0 Å². The number of ether oxygens (including phenoxy) is 2. The Morgan fingerprint density at radius 1 is 1.41 bits per heavy atom. The summed E-state index contributed by atoms with van der Waals surface area (Å²) in [7, 11) is 0. The van der Waals surface area contributed by atoms with Gasteiger partial charge in [0, 0.05) is 10.4 Å². The van der Waals surface area contributed by atoms with E-state index < -0.39 is 0 Å². The summed E-state index contributed by atoms with van der Waals surface area (Å²) in [6.45, 7) is 3.61. The molecule has 0 unspecified atom stereocenters. The number of hydrogen-bond donors (Lipinski definition) is 0. The fraction of sp³-hybridized carbons (Fsp3) is 0.286. The number of epoxide rings is 1. The fourth-order valence-electron chi connectivity index (χ4n) is 1.76. The van der Waals surface area contributed by atoms with Crippen molar-refractivity contribution >= 4 is 11.3 Å². The molecular formula is C14H14O2S. The molecule has 2 heterocycles. The van der Waals surface area contributed by atoms with E-state index in [2.05, 4.69) is 24.4 Å². The van der Waals surface area contributed by atoms with Gasteiger partial charge in [-0.1, -0.05) is 18.2 Å². The summed E-state index contributed by atoms with van der Waals surface area (Å²) < 4.78 is 11.0. The third-order valence-electron chi connectivity index (χ3n) is 2.76. The summed E-state index contributed by atoms with van der Waals surface area (Å²) in [4.78, 5) is 1.32. The van der Waals surface area contributed by atoms with Crippen molar-refractivity contribution in [3.8, 4) is 16.9 Å². The first-order chi connectivity index (χ1) is 8.33. The third kappa shape index (κ3) is 2.51. The molecule has 1 atom stereocenters. The molecule has 0 bridgehead atoms. The summed E-state index contributed by atoms with van der Waals surface area (Å²) in [6.07, 6.45) is 0.298. The predicted molar refractivity (Wildman–Crippen MR) is 69.7 cm³/mol. The average Bonchev–Trinajstić information content (AvgIpc) is 3.08.